The largest absolute Gasteiger partial charge is 0.385 e. The van der Waals surface area contributed by atoms with Crippen LogP contribution in [0, 0.1) is 16.7 Å². The molecule has 0 saturated carbocycles. The van der Waals surface area contributed by atoms with Crippen LogP contribution in [-0.4, -0.2) is 10.1 Å². The molecule has 1 aromatic heterocycles. The van der Waals surface area contributed by atoms with Crippen LogP contribution in [0.25, 0.3) is 0 Å². The number of aromatic nitrogens is 1. The number of hydrogen-bond donors (Lipinski definition) is 1. The number of rotatable bonds is 3. The van der Waals surface area contributed by atoms with Gasteiger partial charge in [-0.15, -0.1) is 11.3 Å². The lowest BCUT2D eigenvalue weighted by Gasteiger charge is -2.24. The first-order valence-corrected chi connectivity index (χ1v) is 5.05. The third-order valence-corrected chi connectivity index (χ3v) is 2.93. The molecule has 0 aliphatic rings. The van der Waals surface area contributed by atoms with Crippen LogP contribution in [0.15, 0.2) is 10.9 Å². The second-order valence-corrected chi connectivity index (χ2v) is 3.92. The Bertz CT molecular complexity index is 304. The molecule has 4 heteroatoms. The van der Waals surface area contributed by atoms with Crippen molar-refractivity contribution in [3.05, 3.63) is 16.6 Å². The average Bonchev–Trinajstić information content (AvgIpc) is 2.68. The van der Waals surface area contributed by atoms with Crippen LogP contribution in [0.5, 0.6) is 0 Å². The van der Waals surface area contributed by atoms with Crippen LogP contribution in [0.2, 0.25) is 0 Å². The molecule has 0 radical (unpaired) electrons. The van der Waals surface area contributed by atoms with Crippen molar-refractivity contribution in [2.75, 3.05) is 0 Å². The lowest BCUT2D eigenvalue weighted by molar-refractivity contribution is 0.0689. The molecule has 0 saturated heterocycles. The van der Waals surface area contributed by atoms with Gasteiger partial charge in [0.25, 0.3) is 0 Å². The van der Waals surface area contributed by atoms with Gasteiger partial charge in [-0.1, -0.05) is 6.92 Å². The predicted molar refractivity (Wildman–Crippen MR) is 51.1 cm³/mol. The number of nitrogens with zero attached hydrogens (tertiary/aromatic N) is 2. The SMILES string of the molecule is CCC(C)(C#N)C(O)c1cscn1. The van der Waals surface area contributed by atoms with Gasteiger partial charge in [-0.3, -0.25) is 0 Å². The summed E-state index contributed by atoms with van der Waals surface area (Å²) in [4.78, 5) is 4.00. The van der Waals surface area contributed by atoms with Crippen LogP contribution in [0.4, 0.5) is 0 Å². The molecule has 0 bridgehead atoms. The van der Waals surface area contributed by atoms with E-state index in [0.29, 0.717) is 12.1 Å². The van der Waals surface area contributed by atoms with Gasteiger partial charge >= 0.3 is 0 Å². The molecule has 0 spiro atoms. The van der Waals surface area contributed by atoms with Crippen molar-refractivity contribution < 1.29 is 5.11 Å². The molecule has 0 aliphatic heterocycles. The highest BCUT2D eigenvalue weighted by Crippen LogP contribution is 2.35. The van der Waals surface area contributed by atoms with Crippen molar-refractivity contribution in [1.82, 2.24) is 4.98 Å². The van der Waals surface area contributed by atoms with Crippen molar-refractivity contribution in [3.8, 4) is 6.07 Å². The van der Waals surface area contributed by atoms with Gasteiger partial charge in [0.1, 0.15) is 6.10 Å². The Kier molecular flexibility index (Phi) is 3.02. The highest BCUT2D eigenvalue weighted by atomic mass is 32.1. The zero-order valence-corrected chi connectivity index (χ0v) is 8.51. The van der Waals surface area contributed by atoms with E-state index in [2.05, 4.69) is 11.1 Å². The van der Waals surface area contributed by atoms with E-state index in [9.17, 15) is 5.11 Å². The molecular weight excluding hydrogens is 184 g/mol. The van der Waals surface area contributed by atoms with E-state index < -0.39 is 11.5 Å². The fraction of sp³-hybridized carbons (Fsp3) is 0.556. The summed E-state index contributed by atoms with van der Waals surface area (Å²) in [6.45, 7) is 3.63. The minimum Gasteiger partial charge on any atom is -0.385 e. The first kappa shape index (κ1) is 10.2. The Morgan fingerprint density at radius 2 is 2.54 bits per heavy atom. The maximum atomic E-state index is 9.85. The molecule has 13 heavy (non-hydrogen) atoms. The molecule has 0 aliphatic carbocycles. The van der Waals surface area contributed by atoms with Crippen LogP contribution >= 0.6 is 11.3 Å². The number of hydrogen-bond acceptors (Lipinski definition) is 4. The highest BCUT2D eigenvalue weighted by molar-refractivity contribution is 7.07. The van der Waals surface area contributed by atoms with Crippen LogP contribution < -0.4 is 0 Å². The minimum absolute atomic E-state index is 0.593. The summed E-state index contributed by atoms with van der Waals surface area (Å²) in [5.74, 6) is 0. The normalized spacial score (nSPS) is 17.4. The quantitative estimate of drug-likeness (QED) is 0.805. The van der Waals surface area contributed by atoms with E-state index in [4.69, 9.17) is 5.26 Å². The zero-order valence-electron chi connectivity index (χ0n) is 7.69. The molecule has 1 rings (SSSR count). The monoisotopic (exact) mass is 196 g/mol. The van der Waals surface area contributed by atoms with Crippen LogP contribution in [0.3, 0.4) is 0 Å². The van der Waals surface area contributed by atoms with Crippen molar-refractivity contribution in [3.63, 3.8) is 0 Å². The fourth-order valence-electron chi connectivity index (χ4n) is 1.02. The van der Waals surface area contributed by atoms with Gasteiger partial charge < -0.3 is 5.11 Å². The van der Waals surface area contributed by atoms with Gasteiger partial charge in [-0.2, -0.15) is 5.26 Å². The Morgan fingerprint density at radius 1 is 1.85 bits per heavy atom. The maximum absolute atomic E-state index is 9.85. The molecule has 1 heterocycles. The first-order chi connectivity index (χ1) is 6.14. The number of aliphatic hydroxyl groups is 1. The second kappa shape index (κ2) is 3.86. The molecule has 0 amide bonds. The zero-order chi connectivity index (χ0) is 9.90. The Morgan fingerprint density at radius 3 is 2.92 bits per heavy atom. The lowest BCUT2D eigenvalue weighted by Crippen LogP contribution is -2.23. The van der Waals surface area contributed by atoms with Gasteiger partial charge in [-0.05, 0) is 13.3 Å². The van der Waals surface area contributed by atoms with Crippen LogP contribution in [-0.2, 0) is 0 Å². The van der Waals surface area contributed by atoms with Gasteiger partial charge in [0.05, 0.1) is 22.7 Å². The Labute approximate surface area is 81.7 Å². The number of thiazole rings is 1. The van der Waals surface area contributed by atoms with Gasteiger partial charge in [0.15, 0.2) is 0 Å². The van der Waals surface area contributed by atoms with E-state index in [-0.39, 0.29) is 0 Å². The van der Waals surface area contributed by atoms with Gasteiger partial charge in [0.2, 0.25) is 0 Å². The molecule has 0 fully saturated rings. The molecule has 1 aromatic rings. The Hall–Kier alpha value is -0.920. The molecule has 2 unspecified atom stereocenters. The third-order valence-electron chi connectivity index (χ3n) is 2.32. The van der Waals surface area contributed by atoms with E-state index in [1.807, 2.05) is 6.92 Å². The van der Waals surface area contributed by atoms with Gasteiger partial charge in [-0.25, -0.2) is 4.98 Å². The summed E-state index contributed by atoms with van der Waals surface area (Å²) in [7, 11) is 0. The highest BCUT2D eigenvalue weighted by Gasteiger charge is 2.33. The summed E-state index contributed by atoms with van der Waals surface area (Å²) in [6.07, 6.45) is -0.170. The van der Waals surface area contributed by atoms with E-state index in [0.717, 1.165) is 0 Å². The van der Waals surface area contributed by atoms with Gasteiger partial charge in [0, 0.05) is 5.38 Å². The summed E-state index contributed by atoms with van der Waals surface area (Å²) in [5, 5.41) is 20.5. The Balaban J connectivity index is 2.90. The molecule has 70 valence electrons. The molecular formula is C9H12N2OS. The average molecular weight is 196 g/mol. The van der Waals surface area contributed by atoms with Crippen molar-refractivity contribution in [1.29, 1.82) is 5.26 Å². The smallest absolute Gasteiger partial charge is 0.115 e. The van der Waals surface area contributed by atoms with E-state index in [1.165, 1.54) is 11.3 Å². The molecule has 1 N–H and O–H groups in total. The molecule has 3 nitrogen and oxygen atoms in total. The fourth-order valence-corrected chi connectivity index (χ4v) is 1.59. The third kappa shape index (κ3) is 1.87. The minimum atomic E-state index is -0.784. The van der Waals surface area contributed by atoms with Crippen molar-refractivity contribution in [2.45, 2.75) is 26.4 Å². The first-order valence-electron chi connectivity index (χ1n) is 4.11. The van der Waals surface area contributed by atoms with E-state index >= 15 is 0 Å². The molecule has 2 atom stereocenters. The second-order valence-electron chi connectivity index (χ2n) is 3.20. The lowest BCUT2D eigenvalue weighted by atomic mass is 9.82. The maximum Gasteiger partial charge on any atom is 0.115 e. The van der Waals surface area contributed by atoms with E-state index in [1.54, 1.807) is 17.8 Å². The summed E-state index contributed by atoms with van der Waals surface area (Å²) < 4.78 is 0. The summed E-state index contributed by atoms with van der Waals surface area (Å²) in [5.41, 5.74) is 1.52. The number of nitriles is 1. The predicted octanol–water partition coefficient (Wildman–Crippen LogP) is 2.12. The van der Waals surface area contributed by atoms with Crippen LogP contribution in [0.1, 0.15) is 32.1 Å². The summed E-state index contributed by atoms with van der Waals surface area (Å²) in [6, 6.07) is 2.13. The van der Waals surface area contributed by atoms with Crippen molar-refractivity contribution in [2.24, 2.45) is 5.41 Å². The topological polar surface area (TPSA) is 56.9 Å². The standard InChI is InChI=1S/C9H12N2OS/c1-3-9(2,5-10)8(12)7-4-13-6-11-7/h4,6,8,12H,3H2,1-2H3. The number of aliphatic hydroxyl groups excluding tert-OH is 1. The molecule has 0 aromatic carbocycles. The summed E-state index contributed by atoms with van der Waals surface area (Å²) >= 11 is 1.42. The van der Waals surface area contributed by atoms with Crippen molar-refractivity contribution >= 4 is 11.3 Å².